The molecule has 5 nitrogen and oxygen atoms in total. The van der Waals surface area contributed by atoms with Crippen LogP contribution in [-0.2, 0) is 16.0 Å². The Bertz CT molecular complexity index is 1180. The number of nitrogens with one attached hydrogen (secondary N) is 2. The number of aryl methyl sites for hydroxylation is 1. The van der Waals surface area contributed by atoms with Gasteiger partial charge in [-0.25, -0.2) is 13.6 Å². The van der Waals surface area contributed by atoms with Gasteiger partial charge in [0, 0.05) is 6.42 Å². The van der Waals surface area contributed by atoms with Crippen molar-refractivity contribution >= 4 is 5.97 Å². The summed E-state index contributed by atoms with van der Waals surface area (Å²) in [5.74, 6) is -5.03. The van der Waals surface area contributed by atoms with Crippen LogP contribution in [0.15, 0.2) is 72.8 Å². The number of rotatable bonds is 7. The summed E-state index contributed by atoms with van der Waals surface area (Å²) in [6.07, 6.45) is -5.25. The highest BCUT2D eigenvalue weighted by atomic mass is 19.4. The van der Waals surface area contributed by atoms with E-state index >= 15 is 0 Å². The SMILES string of the molecule is COc1ccccc1CCC1(OC(=O)C(F)(F)F)NC(c2cccc(F)c2)C(c2cccc(F)c2)N1. The highest BCUT2D eigenvalue weighted by Gasteiger charge is 2.52. The molecule has 2 N–H and O–H groups in total. The van der Waals surface area contributed by atoms with E-state index in [0.717, 1.165) is 0 Å². The third-order valence-electron chi connectivity index (χ3n) is 5.96. The molecular formula is C26H23F5N2O3. The molecule has 1 aliphatic rings. The van der Waals surface area contributed by atoms with Crippen LogP contribution in [0.2, 0.25) is 0 Å². The molecule has 10 heteroatoms. The van der Waals surface area contributed by atoms with Gasteiger partial charge in [-0.15, -0.1) is 0 Å². The fourth-order valence-electron chi connectivity index (χ4n) is 4.35. The standard InChI is InChI=1S/C26H23F5N2O3/c1-35-21-11-3-2-6-16(21)12-13-25(36-24(34)26(29,30)31)32-22(17-7-4-9-19(27)14-17)23(33-25)18-8-5-10-20(28)15-18/h2-11,14-15,22-23,32-33H,12-13H2,1H3. The lowest BCUT2D eigenvalue weighted by molar-refractivity contribution is -0.219. The molecule has 2 atom stereocenters. The van der Waals surface area contributed by atoms with E-state index < -0.39 is 41.7 Å². The highest BCUT2D eigenvalue weighted by Crippen LogP contribution is 2.40. The Labute approximate surface area is 204 Å². The van der Waals surface area contributed by atoms with Gasteiger partial charge in [-0.05, 0) is 53.4 Å². The normalized spacial score (nSPS) is 21.8. The number of hydrogen-bond donors (Lipinski definition) is 2. The van der Waals surface area contributed by atoms with Crippen LogP contribution in [0.3, 0.4) is 0 Å². The van der Waals surface area contributed by atoms with E-state index in [0.29, 0.717) is 22.4 Å². The van der Waals surface area contributed by atoms with Gasteiger partial charge in [-0.3, -0.25) is 10.6 Å². The van der Waals surface area contributed by atoms with E-state index in [1.165, 1.54) is 43.5 Å². The number of halogens is 5. The van der Waals surface area contributed by atoms with Crippen molar-refractivity contribution in [3.05, 3.63) is 101 Å². The Morgan fingerprint density at radius 3 is 1.94 bits per heavy atom. The Morgan fingerprint density at radius 2 is 1.44 bits per heavy atom. The Hall–Kier alpha value is -3.50. The number of benzene rings is 3. The van der Waals surface area contributed by atoms with Gasteiger partial charge in [0.15, 0.2) is 0 Å². The second-order valence-electron chi connectivity index (χ2n) is 8.38. The van der Waals surface area contributed by atoms with Crippen LogP contribution in [0.5, 0.6) is 5.75 Å². The number of esters is 1. The van der Waals surface area contributed by atoms with Crippen LogP contribution >= 0.6 is 0 Å². The Kier molecular flexibility index (Phi) is 7.28. The molecule has 36 heavy (non-hydrogen) atoms. The lowest BCUT2D eigenvalue weighted by Gasteiger charge is -2.31. The van der Waals surface area contributed by atoms with Crippen molar-refractivity contribution in [1.29, 1.82) is 0 Å². The molecule has 0 saturated carbocycles. The molecule has 2 unspecified atom stereocenters. The highest BCUT2D eigenvalue weighted by molar-refractivity contribution is 5.76. The molecule has 0 spiro atoms. The molecule has 3 aromatic rings. The van der Waals surface area contributed by atoms with Crippen LogP contribution in [0.25, 0.3) is 0 Å². The van der Waals surface area contributed by atoms with Gasteiger partial charge >= 0.3 is 12.1 Å². The van der Waals surface area contributed by atoms with Gasteiger partial charge in [0.1, 0.15) is 17.4 Å². The number of hydrogen-bond acceptors (Lipinski definition) is 5. The number of ether oxygens (including phenoxy) is 2. The number of carbonyl (C=O) groups excluding carboxylic acids is 1. The van der Waals surface area contributed by atoms with Crippen molar-refractivity contribution in [3.63, 3.8) is 0 Å². The van der Waals surface area contributed by atoms with E-state index in [1.807, 2.05) is 0 Å². The quantitative estimate of drug-likeness (QED) is 0.335. The number of methoxy groups -OCH3 is 1. The van der Waals surface area contributed by atoms with Crippen molar-refractivity contribution in [2.45, 2.75) is 37.0 Å². The van der Waals surface area contributed by atoms with Crippen LogP contribution in [0.1, 0.15) is 35.2 Å². The van der Waals surface area contributed by atoms with E-state index in [1.54, 1.807) is 36.4 Å². The average Bonchev–Trinajstić information content (AvgIpc) is 3.22. The maximum atomic E-state index is 14.1. The van der Waals surface area contributed by atoms with Gasteiger partial charge < -0.3 is 9.47 Å². The van der Waals surface area contributed by atoms with Crippen LogP contribution in [0.4, 0.5) is 22.0 Å². The fraction of sp³-hybridized carbons (Fsp3) is 0.269. The number of alkyl halides is 3. The van der Waals surface area contributed by atoms with E-state index in [4.69, 9.17) is 9.47 Å². The zero-order valence-corrected chi connectivity index (χ0v) is 19.1. The van der Waals surface area contributed by atoms with Gasteiger partial charge in [-0.1, -0.05) is 42.5 Å². The van der Waals surface area contributed by atoms with Crippen molar-refractivity contribution in [2.75, 3.05) is 7.11 Å². The Morgan fingerprint density at radius 1 is 0.889 bits per heavy atom. The molecule has 1 fully saturated rings. The topological polar surface area (TPSA) is 59.6 Å². The second kappa shape index (κ2) is 10.2. The molecule has 190 valence electrons. The minimum Gasteiger partial charge on any atom is -0.496 e. The van der Waals surface area contributed by atoms with Crippen molar-refractivity contribution in [2.24, 2.45) is 0 Å². The lowest BCUT2D eigenvalue weighted by Crippen LogP contribution is -2.55. The maximum absolute atomic E-state index is 14.1. The second-order valence-corrected chi connectivity index (χ2v) is 8.38. The fourth-order valence-corrected chi connectivity index (χ4v) is 4.35. The van der Waals surface area contributed by atoms with E-state index in [9.17, 15) is 26.7 Å². The largest absolute Gasteiger partial charge is 0.496 e. The van der Waals surface area contributed by atoms with Crippen molar-refractivity contribution in [3.8, 4) is 5.75 Å². The summed E-state index contributed by atoms with van der Waals surface area (Å²) in [7, 11) is 1.46. The number of carbonyl (C=O) groups is 1. The third kappa shape index (κ3) is 5.66. The molecule has 4 rings (SSSR count). The molecule has 1 saturated heterocycles. The minimum absolute atomic E-state index is 0.146. The summed E-state index contributed by atoms with van der Waals surface area (Å²) < 4.78 is 78.2. The summed E-state index contributed by atoms with van der Waals surface area (Å²) in [4.78, 5) is 12.0. The van der Waals surface area contributed by atoms with E-state index in [2.05, 4.69) is 10.6 Å². The number of para-hydroxylation sites is 1. The van der Waals surface area contributed by atoms with E-state index in [-0.39, 0.29) is 12.8 Å². The predicted molar refractivity (Wildman–Crippen MR) is 121 cm³/mol. The zero-order chi connectivity index (χ0) is 25.9. The lowest BCUT2D eigenvalue weighted by atomic mass is 9.95. The van der Waals surface area contributed by atoms with Crippen LogP contribution < -0.4 is 15.4 Å². The first-order chi connectivity index (χ1) is 17.1. The molecule has 0 bridgehead atoms. The third-order valence-corrected chi connectivity index (χ3v) is 5.96. The first-order valence-corrected chi connectivity index (χ1v) is 11.1. The smallest absolute Gasteiger partial charge is 0.491 e. The summed E-state index contributed by atoms with van der Waals surface area (Å²) >= 11 is 0. The molecular weight excluding hydrogens is 483 g/mol. The van der Waals surface area contributed by atoms with Gasteiger partial charge in [-0.2, -0.15) is 13.2 Å². The first kappa shape index (κ1) is 25.6. The minimum atomic E-state index is -5.26. The average molecular weight is 506 g/mol. The van der Waals surface area contributed by atoms with Crippen LogP contribution in [-0.4, -0.2) is 25.1 Å². The van der Waals surface area contributed by atoms with Crippen molar-refractivity contribution in [1.82, 2.24) is 10.6 Å². The Balaban J connectivity index is 1.75. The summed E-state index contributed by atoms with van der Waals surface area (Å²) in [5, 5.41) is 5.89. The predicted octanol–water partition coefficient (Wildman–Crippen LogP) is 5.34. The zero-order valence-electron chi connectivity index (χ0n) is 19.1. The molecule has 0 radical (unpaired) electrons. The molecule has 1 aliphatic heterocycles. The van der Waals surface area contributed by atoms with Crippen LogP contribution in [0, 0.1) is 11.6 Å². The van der Waals surface area contributed by atoms with Gasteiger partial charge in [0.2, 0.25) is 5.85 Å². The molecule has 1 heterocycles. The molecule has 0 aliphatic carbocycles. The molecule has 0 aromatic heterocycles. The van der Waals surface area contributed by atoms with Gasteiger partial charge in [0.05, 0.1) is 19.2 Å². The van der Waals surface area contributed by atoms with Crippen molar-refractivity contribution < 1.29 is 36.2 Å². The molecule has 0 amide bonds. The maximum Gasteiger partial charge on any atom is 0.491 e. The summed E-state index contributed by atoms with van der Waals surface area (Å²) in [6.45, 7) is 0. The summed E-state index contributed by atoms with van der Waals surface area (Å²) in [5.41, 5.74) is 1.42. The monoisotopic (exact) mass is 506 g/mol. The summed E-state index contributed by atoms with van der Waals surface area (Å²) in [6, 6.07) is 16.1. The first-order valence-electron chi connectivity index (χ1n) is 11.1. The molecule has 3 aromatic carbocycles. The van der Waals surface area contributed by atoms with Gasteiger partial charge in [0.25, 0.3) is 0 Å².